The Bertz CT molecular complexity index is 1130. The van der Waals surface area contributed by atoms with Gasteiger partial charge in [0.15, 0.2) is 0 Å². The molecule has 3 aromatic rings. The highest BCUT2D eigenvalue weighted by atomic mass is 16.5. The fourth-order valence-electron chi connectivity index (χ4n) is 2.61. The van der Waals surface area contributed by atoms with Crippen LogP contribution in [0.15, 0.2) is 66.8 Å². The molecule has 4 N–H and O–H groups in total. The number of carbonyl (C=O) groups is 1. The van der Waals surface area contributed by atoms with Gasteiger partial charge < -0.3 is 25.4 Å². The summed E-state index contributed by atoms with van der Waals surface area (Å²) in [5.41, 5.74) is 3.12. The van der Waals surface area contributed by atoms with Gasteiger partial charge >= 0.3 is 5.97 Å². The molecule has 33 heavy (non-hydrogen) atoms. The van der Waals surface area contributed by atoms with Crippen LogP contribution in [0.3, 0.4) is 0 Å². The minimum Gasteiger partial charge on any atom is -0.508 e. The SMILES string of the molecule is C=C(C)C.Cc1c(O)cc(O)cc1Oc1ccc(NC/C=C/c2cc#ccc2)cc1C(=O)O. The molecule has 0 saturated carbocycles. The van der Waals surface area contributed by atoms with Gasteiger partial charge in [-0.15, -0.1) is 6.58 Å². The maximum Gasteiger partial charge on any atom is 0.339 e. The lowest BCUT2D eigenvalue weighted by Crippen LogP contribution is -2.04. The van der Waals surface area contributed by atoms with Crippen molar-refractivity contribution in [2.45, 2.75) is 20.8 Å². The van der Waals surface area contributed by atoms with Crippen LogP contribution in [0.25, 0.3) is 6.08 Å². The molecule has 0 fully saturated rings. The summed E-state index contributed by atoms with van der Waals surface area (Å²) in [6.45, 7) is 9.60. The van der Waals surface area contributed by atoms with E-state index in [9.17, 15) is 20.1 Å². The van der Waals surface area contributed by atoms with E-state index in [1.54, 1.807) is 19.1 Å². The van der Waals surface area contributed by atoms with Gasteiger partial charge in [0.05, 0.1) is 0 Å². The number of allylic oxidation sites excluding steroid dienone is 1. The normalized spacial score (nSPS) is 10.0. The first-order valence-electron chi connectivity index (χ1n) is 10.2. The minimum atomic E-state index is -1.16. The molecular weight excluding hydrogens is 418 g/mol. The highest BCUT2D eigenvalue weighted by Gasteiger charge is 2.16. The average molecular weight is 446 g/mol. The van der Waals surface area contributed by atoms with Crippen molar-refractivity contribution in [3.63, 3.8) is 0 Å². The molecule has 0 amide bonds. The van der Waals surface area contributed by atoms with E-state index in [0.717, 1.165) is 5.56 Å². The summed E-state index contributed by atoms with van der Waals surface area (Å²) in [5, 5.41) is 32.1. The van der Waals surface area contributed by atoms with Crippen molar-refractivity contribution in [3.05, 3.63) is 95.6 Å². The molecule has 3 aromatic carbocycles. The van der Waals surface area contributed by atoms with Crippen molar-refractivity contribution in [2.75, 3.05) is 11.9 Å². The number of phenolic OH excluding ortho intramolecular Hbond substituents is 2. The summed E-state index contributed by atoms with van der Waals surface area (Å²) < 4.78 is 5.65. The van der Waals surface area contributed by atoms with Crippen molar-refractivity contribution in [1.29, 1.82) is 0 Å². The molecule has 3 rings (SSSR count). The van der Waals surface area contributed by atoms with E-state index in [4.69, 9.17) is 4.74 Å². The zero-order valence-electron chi connectivity index (χ0n) is 18.8. The summed E-state index contributed by atoms with van der Waals surface area (Å²) in [6, 6.07) is 18.4. The van der Waals surface area contributed by atoms with Crippen LogP contribution in [0.1, 0.15) is 35.3 Å². The van der Waals surface area contributed by atoms with Crippen LogP contribution in [0, 0.1) is 19.1 Å². The van der Waals surface area contributed by atoms with Crippen LogP contribution in [0.5, 0.6) is 23.0 Å². The lowest BCUT2D eigenvalue weighted by atomic mass is 10.1. The lowest BCUT2D eigenvalue weighted by Gasteiger charge is -2.14. The number of carboxylic acids is 1. The summed E-state index contributed by atoms with van der Waals surface area (Å²) in [7, 11) is 0. The van der Waals surface area contributed by atoms with Crippen molar-refractivity contribution >= 4 is 17.7 Å². The first-order chi connectivity index (χ1) is 15.7. The van der Waals surface area contributed by atoms with Crippen molar-refractivity contribution < 1.29 is 24.9 Å². The molecule has 0 bridgehead atoms. The Balaban J connectivity index is 0.000000890. The summed E-state index contributed by atoms with van der Waals surface area (Å²) in [4.78, 5) is 11.7. The number of carboxylic acid groups (broad SMARTS) is 1. The molecule has 0 spiro atoms. The molecule has 0 heterocycles. The predicted octanol–water partition coefficient (Wildman–Crippen LogP) is 6.20. The Kier molecular flexibility index (Phi) is 8.95. The fourth-order valence-corrected chi connectivity index (χ4v) is 2.61. The molecule has 0 radical (unpaired) electrons. The van der Waals surface area contributed by atoms with Crippen LogP contribution in [0.2, 0.25) is 0 Å². The number of rotatable bonds is 7. The Labute approximate surface area is 194 Å². The van der Waals surface area contributed by atoms with Crippen LogP contribution >= 0.6 is 0 Å². The smallest absolute Gasteiger partial charge is 0.339 e. The quantitative estimate of drug-likeness (QED) is 0.323. The molecule has 170 valence electrons. The van der Waals surface area contributed by atoms with Gasteiger partial charge in [0.1, 0.15) is 28.6 Å². The number of aromatic carboxylic acids is 1. The molecule has 0 aromatic heterocycles. The molecule has 6 heteroatoms. The summed E-state index contributed by atoms with van der Waals surface area (Å²) in [5.74, 6) is -1.21. The number of phenols is 2. The number of ether oxygens (including phenoxy) is 1. The molecule has 0 saturated heterocycles. The van der Waals surface area contributed by atoms with Crippen molar-refractivity contribution in [3.8, 4) is 23.0 Å². The van der Waals surface area contributed by atoms with E-state index in [0.29, 0.717) is 17.8 Å². The number of aromatic hydroxyl groups is 2. The van der Waals surface area contributed by atoms with Crippen molar-refractivity contribution in [2.24, 2.45) is 0 Å². The number of benzene rings is 2. The van der Waals surface area contributed by atoms with Crippen LogP contribution in [-0.2, 0) is 0 Å². The maximum absolute atomic E-state index is 11.7. The fraction of sp³-hybridized carbons (Fsp3) is 0.148. The third-order valence-electron chi connectivity index (χ3n) is 4.16. The number of hydrogen-bond acceptors (Lipinski definition) is 5. The van der Waals surface area contributed by atoms with Crippen LogP contribution in [0.4, 0.5) is 5.69 Å². The van der Waals surface area contributed by atoms with Gasteiger partial charge in [-0.1, -0.05) is 29.9 Å². The molecule has 0 aliphatic heterocycles. The van der Waals surface area contributed by atoms with Gasteiger partial charge in [0.2, 0.25) is 0 Å². The first-order valence-corrected chi connectivity index (χ1v) is 10.2. The average Bonchev–Trinajstić information content (AvgIpc) is 2.75. The van der Waals surface area contributed by atoms with Gasteiger partial charge in [-0.3, -0.25) is 0 Å². The second-order valence-corrected chi connectivity index (χ2v) is 7.46. The highest BCUT2D eigenvalue weighted by Crippen LogP contribution is 2.36. The number of nitrogens with one attached hydrogen (secondary N) is 1. The number of hydrogen-bond donors (Lipinski definition) is 4. The molecule has 0 aliphatic carbocycles. The largest absolute Gasteiger partial charge is 0.508 e. The second-order valence-electron chi connectivity index (χ2n) is 7.46. The van der Waals surface area contributed by atoms with E-state index in [1.807, 2.05) is 38.1 Å². The number of anilines is 1. The van der Waals surface area contributed by atoms with Gasteiger partial charge in [-0.25, -0.2) is 4.79 Å². The molecule has 0 unspecified atom stereocenters. The third-order valence-corrected chi connectivity index (χ3v) is 4.16. The molecule has 0 aliphatic rings. The Morgan fingerprint density at radius 3 is 2.48 bits per heavy atom. The Morgan fingerprint density at radius 1 is 1.12 bits per heavy atom. The highest BCUT2D eigenvalue weighted by molar-refractivity contribution is 5.92. The van der Waals surface area contributed by atoms with E-state index in [-0.39, 0.29) is 28.6 Å². The molecule has 6 nitrogen and oxygen atoms in total. The van der Waals surface area contributed by atoms with Gasteiger partial charge in [0, 0.05) is 29.9 Å². The van der Waals surface area contributed by atoms with Gasteiger partial charge in [0.25, 0.3) is 0 Å². The van der Waals surface area contributed by atoms with E-state index in [2.05, 4.69) is 24.0 Å². The van der Waals surface area contributed by atoms with Gasteiger partial charge in [-0.05, 0) is 62.7 Å². The Hall–Kier alpha value is -4.37. The first kappa shape index (κ1) is 24.9. The van der Waals surface area contributed by atoms with E-state index >= 15 is 0 Å². The second kappa shape index (κ2) is 11.9. The lowest BCUT2D eigenvalue weighted by molar-refractivity contribution is 0.0694. The van der Waals surface area contributed by atoms with Crippen molar-refractivity contribution in [1.82, 2.24) is 0 Å². The minimum absolute atomic E-state index is 0.0468. The van der Waals surface area contributed by atoms with Crippen LogP contribution < -0.4 is 10.1 Å². The zero-order chi connectivity index (χ0) is 24.4. The summed E-state index contributed by atoms with van der Waals surface area (Å²) in [6.07, 6.45) is 3.83. The van der Waals surface area contributed by atoms with Gasteiger partial charge in [-0.2, -0.15) is 0 Å². The topological polar surface area (TPSA) is 99.0 Å². The Morgan fingerprint density at radius 2 is 1.85 bits per heavy atom. The maximum atomic E-state index is 11.7. The summed E-state index contributed by atoms with van der Waals surface area (Å²) >= 11 is 0. The van der Waals surface area contributed by atoms with Crippen LogP contribution in [-0.4, -0.2) is 27.8 Å². The third kappa shape index (κ3) is 8.00. The molecule has 0 atom stereocenters. The monoisotopic (exact) mass is 445 g/mol. The van der Waals surface area contributed by atoms with E-state index in [1.165, 1.54) is 29.8 Å². The predicted molar refractivity (Wildman–Crippen MR) is 130 cm³/mol. The zero-order valence-corrected chi connectivity index (χ0v) is 18.8. The van der Waals surface area contributed by atoms with E-state index < -0.39 is 5.97 Å². The standard InChI is InChI=1S/C23H19NO5.C4H8/c1-15-20(26)13-18(25)14-22(15)29-21-10-9-17(12-19(21)23(27)28)24-11-5-8-16-6-3-2-4-7-16;1-4(2)3/h3,5-10,12-14,24-26H,11H2,1H3,(H,27,28);1H2,2-3H3/b8-5+;. The molecular formula is C27H27NO5.